The molecular weight excluding hydrogens is 1230 g/mol. The maximum atomic E-state index is 13.1. The van der Waals surface area contributed by atoms with Gasteiger partial charge in [0.15, 0.2) is 12.2 Å². The van der Waals surface area contributed by atoms with Crippen molar-refractivity contribution in [3.63, 3.8) is 0 Å². The van der Waals surface area contributed by atoms with Gasteiger partial charge in [0, 0.05) is 25.7 Å². The topological polar surface area (TPSA) is 237 Å². The van der Waals surface area contributed by atoms with E-state index in [0.717, 1.165) is 122 Å². The van der Waals surface area contributed by atoms with E-state index >= 15 is 0 Å². The van der Waals surface area contributed by atoms with Crippen LogP contribution in [0.25, 0.3) is 0 Å². The second kappa shape index (κ2) is 68.8. The molecule has 0 bridgehead atoms. The number of aliphatic hydroxyl groups is 1. The third-order valence-corrected chi connectivity index (χ3v) is 18.5. The molecule has 0 aliphatic rings. The van der Waals surface area contributed by atoms with E-state index in [4.69, 9.17) is 37.0 Å². The number of carbonyl (C=O) groups is 4. The molecule has 552 valence electrons. The zero-order valence-corrected chi connectivity index (χ0v) is 61.9. The molecule has 94 heavy (non-hydrogen) atoms. The van der Waals surface area contributed by atoms with Crippen LogP contribution in [0.15, 0.2) is 36.5 Å². The lowest BCUT2D eigenvalue weighted by molar-refractivity contribution is -0.161. The maximum absolute atomic E-state index is 13.1. The van der Waals surface area contributed by atoms with Crippen molar-refractivity contribution in [2.45, 2.75) is 380 Å². The van der Waals surface area contributed by atoms with Crippen molar-refractivity contribution in [2.75, 3.05) is 39.6 Å². The zero-order chi connectivity index (χ0) is 69.0. The van der Waals surface area contributed by atoms with Gasteiger partial charge in [0.1, 0.15) is 19.3 Å². The molecule has 19 heteroatoms. The number of ether oxygens (including phenoxy) is 4. The van der Waals surface area contributed by atoms with Gasteiger partial charge >= 0.3 is 39.5 Å². The van der Waals surface area contributed by atoms with Crippen LogP contribution in [0.4, 0.5) is 0 Å². The predicted molar refractivity (Wildman–Crippen MR) is 381 cm³/mol. The fourth-order valence-electron chi connectivity index (χ4n) is 10.7. The molecule has 0 rings (SSSR count). The van der Waals surface area contributed by atoms with Gasteiger partial charge in [-0.15, -0.1) is 0 Å². The summed E-state index contributed by atoms with van der Waals surface area (Å²) in [5, 5.41) is 10.6. The Morgan fingerprint density at radius 2 is 0.521 bits per heavy atom. The van der Waals surface area contributed by atoms with Crippen LogP contribution in [-0.4, -0.2) is 96.7 Å². The van der Waals surface area contributed by atoms with Gasteiger partial charge in [-0.05, 0) is 77.0 Å². The molecule has 0 heterocycles. The largest absolute Gasteiger partial charge is 0.472 e. The van der Waals surface area contributed by atoms with Gasteiger partial charge in [0.05, 0.1) is 26.4 Å². The number of phosphoric acid groups is 2. The molecule has 0 aliphatic carbocycles. The van der Waals surface area contributed by atoms with Crippen molar-refractivity contribution in [3.05, 3.63) is 36.5 Å². The van der Waals surface area contributed by atoms with E-state index in [9.17, 15) is 43.2 Å². The molecule has 0 fully saturated rings. The summed E-state index contributed by atoms with van der Waals surface area (Å²) in [6, 6.07) is 0. The molecule has 0 radical (unpaired) electrons. The minimum atomic E-state index is -4.97. The Kier molecular flexibility index (Phi) is 66.8. The highest BCUT2D eigenvalue weighted by atomic mass is 31.2. The summed E-state index contributed by atoms with van der Waals surface area (Å²) in [5.41, 5.74) is 0. The summed E-state index contributed by atoms with van der Waals surface area (Å²) in [6.45, 7) is 4.88. The molecule has 0 aliphatic heterocycles. The van der Waals surface area contributed by atoms with Crippen LogP contribution in [0.5, 0.6) is 0 Å². The minimum Gasteiger partial charge on any atom is -0.462 e. The van der Waals surface area contributed by atoms with Gasteiger partial charge in [0.2, 0.25) is 0 Å². The van der Waals surface area contributed by atoms with Gasteiger partial charge in [-0.3, -0.25) is 37.3 Å². The van der Waals surface area contributed by atoms with Crippen molar-refractivity contribution in [3.8, 4) is 0 Å². The number of rotatable bonds is 73. The quantitative estimate of drug-likeness (QED) is 0.0128. The first-order valence-electron chi connectivity index (χ1n) is 38.2. The average molecular weight is 1380 g/mol. The lowest BCUT2D eigenvalue weighted by Gasteiger charge is -2.21. The first-order valence-corrected chi connectivity index (χ1v) is 41.2. The summed E-state index contributed by atoms with van der Waals surface area (Å²) in [6.07, 6.45) is 62.7. The van der Waals surface area contributed by atoms with Crippen LogP contribution in [0.2, 0.25) is 0 Å². The molecule has 0 spiro atoms. The molecular formula is C75H140O17P2. The van der Waals surface area contributed by atoms with E-state index in [2.05, 4.69) is 64.2 Å². The number of aliphatic hydroxyl groups excluding tert-OH is 1. The number of allylic oxidation sites excluding steroid dienone is 6. The summed E-state index contributed by atoms with van der Waals surface area (Å²) in [7, 11) is -9.93. The lowest BCUT2D eigenvalue weighted by Crippen LogP contribution is -2.30. The normalized spacial score (nSPS) is 14.2. The van der Waals surface area contributed by atoms with E-state index in [1.165, 1.54) is 161 Å². The summed E-state index contributed by atoms with van der Waals surface area (Å²) < 4.78 is 68.4. The van der Waals surface area contributed by atoms with E-state index in [-0.39, 0.29) is 25.7 Å². The van der Waals surface area contributed by atoms with E-state index < -0.39 is 97.5 Å². The second-order valence-corrected chi connectivity index (χ2v) is 28.9. The van der Waals surface area contributed by atoms with Crippen LogP contribution >= 0.6 is 15.6 Å². The highest BCUT2D eigenvalue weighted by Crippen LogP contribution is 2.45. The molecule has 0 amide bonds. The first-order chi connectivity index (χ1) is 45.7. The Balaban J connectivity index is 5.31. The fourth-order valence-corrected chi connectivity index (χ4v) is 12.3. The van der Waals surface area contributed by atoms with E-state index in [1.807, 2.05) is 0 Å². The molecule has 5 atom stereocenters. The van der Waals surface area contributed by atoms with E-state index in [1.54, 1.807) is 0 Å². The SMILES string of the molecule is CCCCCC/C=C\C=C/CCCCCCCC(=O)O[C@H](COC(=O)CCCCCCC/C=C\CCCCCC)COP(=O)(O)OC[C@H](O)COP(=O)(O)OC[C@@H](COC(=O)CCCCCCCCCCCCCCC)OC(=O)CCCCCCCCCCCCCCC. The van der Waals surface area contributed by atoms with Crippen molar-refractivity contribution in [1.82, 2.24) is 0 Å². The highest BCUT2D eigenvalue weighted by Gasteiger charge is 2.30. The number of hydrogen-bond acceptors (Lipinski definition) is 15. The molecule has 0 aromatic rings. The number of hydrogen-bond donors (Lipinski definition) is 3. The third kappa shape index (κ3) is 67.8. The van der Waals surface area contributed by atoms with Crippen LogP contribution in [0.3, 0.4) is 0 Å². The second-order valence-electron chi connectivity index (χ2n) is 26.0. The van der Waals surface area contributed by atoms with Gasteiger partial charge in [0.25, 0.3) is 0 Å². The Morgan fingerprint density at radius 3 is 0.809 bits per heavy atom. The molecule has 3 N–H and O–H groups in total. The molecule has 2 unspecified atom stereocenters. The van der Waals surface area contributed by atoms with Crippen molar-refractivity contribution in [1.29, 1.82) is 0 Å². The highest BCUT2D eigenvalue weighted by molar-refractivity contribution is 7.47. The summed E-state index contributed by atoms with van der Waals surface area (Å²) in [4.78, 5) is 72.7. The molecule has 0 aromatic heterocycles. The van der Waals surface area contributed by atoms with Crippen molar-refractivity contribution < 1.29 is 80.2 Å². The summed E-state index contributed by atoms with van der Waals surface area (Å²) >= 11 is 0. The zero-order valence-electron chi connectivity index (χ0n) is 60.2. The van der Waals surface area contributed by atoms with Gasteiger partial charge in [-0.25, -0.2) is 9.13 Å². The van der Waals surface area contributed by atoms with Crippen LogP contribution in [-0.2, 0) is 65.4 Å². The van der Waals surface area contributed by atoms with Gasteiger partial charge < -0.3 is 33.8 Å². The number of unbranched alkanes of at least 4 members (excludes halogenated alkanes) is 42. The molecule has 0 saturated carbocycles. The maximum Gasteiger partial charge on any atom is 0.472 e. The Labute approximate surface area is 573 Å². The molecule has 0 saturated heterocycles. The van der Waals surface area contributed by atoms with Crippen LogP contribution < -0.4 is 0 Å². The van der Waals surface area contributed by atoms with Crippen LogP contribution in [0.1, 0.15) is 362 Å². The minimum absolute atomic E-state index is 0.0818. The number of carbonyl (C=O) groups excluding carboxylic acids is 4. The standard InChI is InChI=1S/C75H140O17P2/c1-5-9-13-17-21-25-29-33-34-38-42-46-50-54-58-62-75(80)92-71(66-86-73(78)60-56-52-48-44-40-36-31-27-23-19-15-11-7-3)68-90-94(83,84)88-64-69(76)63-87-93(81,82)89-67-70(91-74(79)61-57-53-49-45-41-37-32-28-24-20-16-12-8-4)65-85-72(77)59-55-51-47-43-39-35-30-26-22-18-14-10-6-2/h25,27,29,31,33-34,69-71,76H,5-24,26,28,30,32,35-68H2,1-4H3,(H,81,82)(H,83,84)/b29-25-,31-27-,34-33-/t69-,70-,71-/m1/s1. The third-order valence-electron chi connectivity index (χ3n) is 16.6. The fraction of sp³-hybridized carbons (Fsp3) is 0.867. The summed E-state index contributed by atoms with van der Waals surface area (Å²) in [5.74, 6) is -2.16. The van der Waals surface area contributed by atoms with Gasteiger partial charge in [-0.1, -0.05) is 295 Å². The van der Waals surface area contributed by atoms with Crippen LogP contribution in [0, 0.1) is 0 Å². The van der Waals surface area contributed by atoms with Gasteiger partial charge in [-0.2, -0.15) is 0 Å². The Morgan fingerprint density at radius 1 is 0.298 bits per heavy atom. The number of phosphoric ester groups is 2. The first kappa shape index (κ1) is 91.3. The lowest BCUT2D eigenvalue weighted by atomic mass is 10.0. The van der Waals surface area contributed by atoms with Crippen molar-refractivity contribution in [2.24, 2.45) is 0 Å². The average Bonchev–Trinajstić information content (AvgIpc) is 2.26. The molecule has 17 nitrogen and oxygen atoms in total. The van der Waals surface area contributed by atoms with E-state index in [0.29, 0.717) is 25.7 Å². The number of esters is 4. The Hall–Kier alpha value is -2.72. The predicted octanol–water partition coefficient (Wildman–Crippen LogP) is 21.6. The van der Waals surface area contributed by atoms with Crippen molar-refractivity contribution >= 4 is 39.5 Å². The monoisotopic (exact) mass is 1370 g/mol. The Bertz CT molecular complexity index is 1930. The molecule has 0 aromatic carbocycles. The smallest absolute Gasteiger partial charge is 0.462 e.